The van der Waals surface area contributed by atoms with Crippen LogP contribution in [0.3, 0.4) is 0 Å². The molecule has 0 aliphatic carbocycles. The molecule has 0 saturated carbocycles. The van der Waals surface area contributed by atoms with Crippen molar-refractivity contribution in [2.24, 2.45) is 0 Å². The first-order valence-corrected chi connectivity index (χ1v) is 8.48. The Labute approximate surface area is 154 Å². The molecule has 1 amide bonds. The first-order chi connectivity index (χ1) is 12.5. The number of rotatable bonds is 3. The van der Waals surface area contributed by atoms with Crippen LogP contribution in [0.1, 0.15) is 16.1 Å². The summed E-state index contributed by atoms with van der Waals surface area (Å²) in [4.78, 5) is 24.0. The molecular weight excluding hydrogens is 405 g/mol. The maximum absolute atomic E-state index is 13.3. The number of amides is 1. The number of carbonyl (C=O) groups is 1. The fourth-order valence-corrected chi connectivity index (χ4v) is 3.12. The summed E-state index contributed by atoms with van der Waals surface area (Å²) in [6, 6.07) is 12.3. The quantitative estimate of drug-likeness (QED) is 0.504. The van der Waals surface area contributed by atoms with Crippen molar-refractivity contribution in [2.75, 3.05) is 0 Å². The highest BCUT2D eigenvalue weighted by molar-refractivity contribution is 9.10. The molecule has 0 saturated heterocycles. The summed E-state index contributed by atoms with van der Waals surface area (Å²) < 4.78 is 24.7. The molecule has 7 heteroatoms. The van der Waals surface area contributed by atoms with Gasteiger partial charge in [0.1, 0.15) is 17.0 Å². The van der Waals surface area contributed by atoms with Gasteiger partial charge in [-0.2, -0.15) is 0 Å². The van der Waals surface area contributed by atoms with Gasteiger partial charge in [0, 0.05) is 33.9 Å². The van der Waals surface area contributed by atoms with E-state index in [2.05, 4.69) is 21.2 Å². The van der Waals surface area contributed by atoms with Crippen LogP contribution in [0.2, 0.25) is 0 Å². The Kier molecular flexibility index (Phi) is 4.08. The summed E-state index contributed by atoms with van der Waals surface area (Å²) in [5.74, 6) is -0.757. The Morgan fingerprint density at radius 1 is 1.04 bits per heavy atom. The second-order valence-electron chi connectivity index (χ2n) is 5.71. The summed E-state index contributed by atoms with van der Waals surface area (Å²) in [6.07, 6.45) is 0. The highest BCUT2D eigenvalue weighted by Crippen LogP contribution is 2.23. The highest BCUT2D eigenvalue weighted by atomic mass is 79.9. The fourth-order valence-electron chi connectivity index (χ4n) is 2.74. The summed E-state index contributed by atoms with van der Waals surface area (Å²) in [5, 5.41) is 4.06. The molecule has 0 fully saturated rings. The molecule has 0 aliphatic heterocycles. The normalized spacial score (nSPS) is 11.2. The molecule has 4 rings (SSSR count). The van der Waals surface area contributed by atoms with Gasteiger partial charge in [-0.15, -0.1) is 0 Å². The number of hydrogen-bond acceptors (Lipinski definition) is 4. The maximum Gasteiger partial charge on any atom is 0.336 e. The molecule has 0 atom stereocenters. The zero-order valence-corrected chi connectivity index (χ0v) is 14.8. The lowest BCUT2D eigenvalue weighted by molar-refractivity contribution is 0.0925. The molecule has 4 aromatic rings. The van der Waals surface area contributed by atoms with Crippen molar-refractivity contribution >= 4 is 43.8 Å². The van der Waals surface area contributed by atoms with E-state index in [4.69, 9.17) is 8.83 Å². The van der Waals surface area contributed by atoms with E-state index in [0.717, 1.165) is 15.9 Å². The number of carbonyl (C=O) groups excluding carboxylic acids is 1. The van der Waals surface area contributed by atoms with Crippen LogP contribution in [0.4, 0.5) is 4.39 Å². The van der Waals surface area contributed by atoms with Gasteiger partial charge in [0.25, 0.3) is 5.91 Å². The van der Waals surface area contributed by atoms with Crippen molar-refractivity contribution in [2.45, 2.75) is 6.54 Å². The van der Waals surface area contributed by atoms with Gasteiger partial charge >= 0.3 is 5.63 Å². The van der Waals surface area contributed by atoms with Crippen LogP contribution in [0.25, 0.3) is 21.9 Å². The molecule has 0 aliphatic rings. The first-order valence-electron chi connectivity index (χ1n) is 7.69. The number of benzene rings is 2. The van der Waals surface area contributed by atoms with Gasteiger partial charge in [-0.05, 0) is 42.0 Å². The van der Waals surface area contributed by atoms with E-state index < -0.39 is 17.3 Å². The largest absolute Gasteiger partial charge is 0.451 e. The van der Waals surface area contributed by atoms with Crippen molar-refractivity contribution in [3.63, 3.8) is 0 Å². The number of nitrogens with one attached hydrogen (secondary N) is 1. The SMILES string of the molecule is O=C(NCc1cc(=O)oc2cc(F)ccc12)c1cc2cc(Br)ccc2o1. The lowest BCUT2D eigenvalue weighted by Gasteiger charge is -2.06. The Hall–Kier alpha value is -2.93. The predicted octanol–water partition coefficient (Wildman–Crippen LogP) is 4.37. The van der Waals surface area contributed by atoms with Crippen LogP contribution in [-0.4, -0.2) is 5.91 Å². The Morgan fingerprint density at radius 2 is 1.88 bits per heavy atom. The van der Waals surface area contributed by atoms with Crippen LogP contribution in [0.15, 0.2) is 66.6 Å². The van der Waals surface area contributed by atoms with E-state index in [-0.39, 0.29) is 17.9 Å². The minimum Gasteiger partial charge on any atom is -0.451 e. The fraction of sp³-hybridized carbons (Fsp3) is 0.0526. The Morgan fingerprint density at radius 3 is 2.73 bits per heavy atom. The van der Waals surface area contributed by atoms with Gasteiger partial charge < -0.3 is 14.2 Å². The Bertz CT molecular complexity index is 1210. The molecule has 0 radical (unpaired) electrons. The van der Waals surface area contributed by atoms with Crippen molar-refractivity contribution in [1.29, 1.82) is 0 Å². The summed E-state index contributed by atoms with van der Waals surface area (Å²) >= 11 is 3.37. The molecule has 2 aromatic carbocycles. The number of fused-ring (bicyclic) bond motifs is 2. The summed E-state index contributed by atoms with van der Waals surface area (Å²) in [7, 11) is 0. The predicted molar refractivity (Wildman–Crippen MR) is 97.5 cm³/mol. The minimum absolute atomic E-state index is 0.0767. The smallest absolute Gasteiger partial charge is 0.336 e. The van der Waals surface area contributed by atoms with E-state index >= 15 is 0 Å². The van der Waals surface area contributed by atoms with Crippen LogP contribution in [0.5, 0.6) is 0 Å². The van der Waals surface area contributed by atoms with Crippen molar-refractivity contribution in [1.82, 2.24) is 5.32 Å². The van der Waals surface area contributed by atoms with Crippen molar-refractivity contribution in [3.8, 4) is 0 Å². The van der Waals surface area contributed by atoms with Gasteiger partial charge in [-0.1, -0.05) is 15.9 Å². The van der Waals surface area contributed by atoms with Crippen LogP contribution in [0, 0.1) is 5.82 Å². The van der Waals surface area contributed by atoms with Gasteiger partial charge in [-0.25, -0.2) is 9.18 Å². The molecule has 0 bridgehead atoms. The van der Waals surface area contributed by atoms with E-state index in [1.54, 1.807) is 12.1 Å². The van der Waals surface area contributed by atoms with Gasteiger partial charge in [0.05, 0.1) is 0 Å². The summed E-state index contributed by atoms with van der Waals surface area (Å²) in [6.45, 7) is 0.0767. The maximum atomic E-state index is 13.3. The molecule has 2 aromatic heterocycles. The standard InChI is InChI=1S/C19H11BrFNO4/c20-12-1-4-15-10(5-12)6-17(25-15)19(24)22-9-11-7-18(23)26-16-8-13(21)2-3-14(11)16/h1-8H,9H2,(H,22,24). The molecular formula is C19H11BrFNO4. The number of halogens is 2. The van der Waals surface area contributed by atoms with Crippen LogP contribution < -0.4 is 10.9 Å². The van der Waals surface area contributed by atoms with Gasteiger partial charge in [-0.3, -0.25) is 4.79 Å². The lowest BCUT2D eigenvalue weighted by Crippen LogP contribution is -2.23. The number of hydrogen-bond donors (Lipinski definition) is 1. The molecule has 2 heterocycles. The third-order valence-electron chi connectivity index (χ3n) is 3.93. The van der Waals surface area contributed by atoms with E-state index in [9.17, 15) is 14.0 Å². The topological polar surface area (TPSA) is 72.5 Å². The summed E-state index contributed by atoms with van der Waals surface area (Å²) in [5.41, 5.74) is 0.652. The van der Waals surface area contributed by atoms with Crippen LogP contribution in [-0.2, 0) is 6.54 Å². The first kappa shape index (κ1) is 16.5. The van der Waals surface area contributed by atoms with Crippen molar-refractivity contribution in [3.05, 3.63) is 80.6 Å². The number of furan rings is 1. The second kappa shape index (κ2) is 6.42. The third-order valence-corrected chi connectivity index (χ3v) is 4.43. The van der Waals surface area contributed by atoms with Crippen molar-refractivity contribution < 1.29 is 18.0 Å². The Balaban J connectivity index is 1.61. The zero-order chi connectivity index (χ0) is 18.3. The molecule has 0 spiro atoms. The molecule has 130 valence electrons. The highest BCUT2D eigenvalue weighted by Gasteiger charge is 2.14. The molecule has 0 unspecified atom stereocenters. The van der Waals surface area contributed by atoms with E-state index in [0.29, 0.717) is 16.5 Å². The average molecular weight is 416 g/mol. The zero-order valence-electron chi connectivity index (χ0n) is 13.2. The molecule has 1 N–H and O–H groups in total. The molecule has 5 nitrogen and oxygen atoms in total. The average Bonchev–Trinajstić information content (AvgIpc) is 3.02. The second-order valence-corrected chi connectivity index (χ2v) is 6.62. The lowest BCUT2D eigenvalue weighted by atomic mass is 10.1. The molecule has 26 heavy (non-hydrogen) atoms. The minimum atomic E-state index is -0.610. The van der Waals surface area contributed by atoms with E-state index in [1.165, 1.54) is 18.2 Å². The van der Waals surface area contributed by atoms with Gasteiger partial charge in [0.15, 0.2) is 5.76 Å². The monoisotopic (exact) mass is 415 g/mol. The van der Waals surface area contributed by atoms with E-state index in [1.807, 2.05) is 12.1 Å². The third kappa shape index (κ3) is 3.13. The van der Waals surface area contributed by atoms with Gasteiger partial charge in [0.2, 0.25) is 0 Å². The van der Waals surface area contributed by atoms with Crippen LogP contribution >= 0.6 is 15.9 Å².